The van der Waals surface area contributed by atoms with Crippen molar-refractivity contribution in [3.63, 3.8) is 0 Å². The van der Waals surface area contributed by atoms with E-state index < -0.39 is 58.3 Å². The van der Waals surface area contributed by atoms with Crippen LogP contribution in [-0.2, 0) is 18.8 Å². The highest BCUT2D eigenvalue weighted by Gasteiger charge is 2.55. The summed E-state index contributed by atoms with van der Waals surface area (Å²) in [5.74, 6) is -0.487. The van der Waals surface area contributed by atoms with Crippen LogP contribution < -0.4 is 25.8 Å². The van der Waals surface area contributed by atoms with Crippen LogP contribution >= 0.6 is 0 Å². The maximum atomic E-state index is 14.1. The largest absolute Gasteiger partial charge is 0.493 e. The second-order valence-corrected chi connectivity index (χ2v) is 11.2. The second kappa shape index (κ2) is 11.9. The molecule has 1 aliphatic heterocycles. The Kier molecular flexibility index (Phi) is 8.41. The van der Waals surface area contributed by atoms with Gasteiger partial charge in [-0.3, -0.25) is 4.90 Å². The van der Waals surface area contributed by atoms with Crippen molar-refractivity contribution in [3.8, 4) is 17.2 Å². The number of carbonyl (C=O) groups excluding carboxylic acids is 1. The number of anilines is 1. The molecule has 2 heterocycles. The molecule has 0 aliphatic carbocycles. The van der Waals surface area contributed by atoms with Crippen LogP contribution in [0.4, 0.5) is 36.8 Å². The van der Waals surface area contributed by atoms with Gasteiger partial charge >= 0.3 is 29.8 Å². The van der Waals surface area contributed by atoms with Crippen molar-refractivity contribution in [1.29, 1.82) is 0 Å². The van der Waals surface area contributed by atoms with E-state index in [9.17, 15) is 40.7 Å². The fourth-order valence-corrected chi connectivity index (χ4v) is 5.61. The molecule has 10 nitrogen and oxygen atoms in total. The summed E-state index contributed by atoms with van der Waals surface area (Å²) in [5, 5.41) is 0. The zero-order chi connectivity index (χ0) is 34.5. The van der Waals surface area contributed by atoms with Crippen molar-refractivity contribution in [2.24, 2.45) is 0 Å². The molecule has 0 bridgehead atoms. The van der Waals surface area contributed by atoms with Crippen molar-refractivity contribution in [3.05, 3.63) is 104 Å². The maximum Gasteiger partial charge on any atom is 0.447 e. The minimum Gasteiger partial charge on any atom is -0.493 e. The number of carbonyl (C=O) groups is 1. The summed E-state index contributed by atoms with van der Waals surface area (Å²) >= 11 is 0. The van der Waals surface area contributed by atoms with Gasteiger partial charge in [0.1, 0.15) is 0 Å². The van der Waals surface area contributed by atoms with Gasteiger partial charge in [0.2, 0.25) is 0 Å². The molecule has 3 aromatic carbocycles. The molecule has 5 rings (SSSR count). The first-order valence-electron chi connectivity index (χ1n) is 14.0. The van der Waals surface area contributed by atoms with Crippen LogP contribution in [0.1, 0.15) is 36.7 Å². The van der Waals surface area contributed by atoms with E-state index in [1.54, 1.807) is 18.2 Å². The molecule has 1 aromatic heterocycles. The number of aromatic nitrogens is 2. The van der Waals surface area contributed by atoms with Gasteiger partial charge in [0, 0.05) is 12.2 Å². The molecule has 1 aliphatic rings. The van der Waals surface area contributed by atoms with E-state index in [-0.39, 0.29) is 18.7 Å². The summed E-state index contributed by atoms with van der Waals surface area (Å²) in [6.07, 6.45) is -10.9. The third-order valence-corrected chi connectivity index (χ3v) is 7.93. The van der Waals surface area contributed by atoms with Crippen LogP contribution in [0, 0.1) is 0 Å². The van der Waals surface area contributed by atoms with Gasteiger partial charge in [0.15, 0.2) is 17.7 Å². The average molecular weight is 667 g/mol. The highest BCUT2D eigenvalue weighted by atomic mass is 19.4. The summed E-state index contributed by atoms with van der Waals surface area (Å²) in [6, 6.07) is 11.5. The monoisotopic (exact) mass is 666 g/mol. The van der Waals surface area contributed by atoms with Gasteiger partial charge in [-0.15, -0.1) is 4.74 Å². The van der Waals surface area contributed by atoms with E-state index in [1.807, 2.05) is 0 Å². The lowest BCUT2D eigenvalue weighted by Gasteiger charge is -2.34. The topological polar surface area (TPSA) is 99.1 Å². The van der Waals surface area contributed by atoms with Crippen LogP contribution in [0.5, 0.6) is 11.5 Å². The van der Waals surface area contributed by atoms with Gasteiger partial charge in [-0.25, -0.2) is 14.4 Å². The molecule has 47 heavy (non-hydrogen) atoms. The number of urea groups is 1. The lowest BCUT2D eigenvalue weighted by molar-refractivity contribution is -0.138. The molecule has 0 unspecified atom stereocenters. The van der Waals surface area contributed by atoms with Crippen molar-refractivity contribution in [2.75, 3.05) is 25.7 Å². The molecule has 2 amide bonds. The molecule has 0 saturated carbocycles. The van der Waals surface area contributed by atoms with E-state index in [2.05, 4.69) is 0 Å². The van der Waals surface area contributed by atoms with Crippen LogP contribution in [0.3, 0.4) is 0 Å². The Balaban J connectivity index is 1.63. The summed E-state index contributed by atoms with van der Waals surface area (Å²) in [5.41, 5.74) is -4.94. The van der Waals surface area contributed by atoms with Crippen LogP contribution in [0.2, 0.25) is 0 Å². The van der Waals surface area contributed by atoms with Gasteiger partial charge in [0.25, 0.3) is 0 Å². The third-order valence-electron chi connectivity index (χ3n) is 7.93. The molecule has 1 fully saturated rings. The fourth-order valence-electron chi connectivity index (χ4n) is 5.61. The molecule has 4 aromatic rings. The summed E-state index contributed by atoms with van der Waals surface area (Å²) in [6.45, 7) is 3.03. The van der Waals surface area contributed by atoms with E-state index in [1.165, 1.54) is 39.0 Å². The first kappa shape index (κ1) is 33.2. The quantitative estimate of drug-likeness (QED) is 0.211. The summed E-state index contributed by atoms with van der Waals surface area (Å²) in [7, 11) is 2.91. The molecule has 0 radical (unpaired) electrons. The number of hydrogen-bond acceptors (Lipinski definition) is 6. The van der Waals surface area contributed by atoms with Crippen molar-refractivity contribution in [2.45, 2.75) is 44.3 Å². The summed E-state index contributed by atoms with van der Waals surface area (Å²) in [4.78, 5) is 43.1. The number of alkyl halides is 6. The van der Waals surface area contributed by atoms with Crippen molar-refractivity contribution in [1.82, 2.24) is 14.2 Å². The number of ether oxygens (including phenoxy) is 2. The number of halogens is 6. The molecule has 1 atom stereocenters. The minimum atomic E-state index is -4.79. The number of rotatable bonds is 8. The average Bonchev–Trinajstić information content (AvgIpc) is 3.41. The van der Waals surface area contributed by atoms with Crippen molar-refractivity contribution >= 4 is 11.7 Å². The van der Waals surface area contributed by atoms with E-state index in [0.717, 1.165) is 35.2 Å². The molecule has 0 N–H and O–H groups in total. The van der Waals surface area contributed by atoms with E-state index in [4.69, 9.17) is 14.0 Å². The Morgan fingerprint density at radius 1 is 0.787 bits per heavy atom. The summed E-state index contributed by atoms with van der Waals surface area (Å²) < 4.78 is 98.1. The van der Waals surface area contributed by atoms with Gasteiger partial charge in [-0.1, -0.05) is 18.2 Å². The SMILES string of the molecule is COc1ccc(CCN2C(=O)N(c3cccc(C(F)(F)F)c3)[C@H](n3oc(=O)n(-c4cccc(C(F)(F)F)c4)c3=O)C2(C)C)cc1OC. The lowest BCUT2D eigenvalue weighted by Crippen LogP contribution is -2.47. The third kappa shape index (κ3) is 6.06. The first-order valence-corrected chi connectivity index (χ1v) is 14.0. The fraction of sp³-hybridized carbons (Fsp3) is 0.323. The Hall–Kier alpha value is -5.15. The zero-order valence-electron chi connectivity index (χ0n) is 25.3. The Morgan fingerprint density at radius 3 is 1.94 bits per heavy atom. The number of nitrogens with zero attached hydrogens (tertiary/aromatic N) is 4. The Bertz CT molecular complexity index is 1930. The molecular weight excluding hydrogens is 638 g/mol. The van der Waals surface area contributed by atoms with Crippen LogP contribution in [0.25, 0.3) is 5.69 Å². The van der Waals surface area contributed by atoms with Gasteiger partial charge < -0.3 is 18.9 Å². The Morgan fingerprint density at radius 2 is 1.36 bits per heavy atom. The van der Waals surface area contributed by atoms with Gasteiger partial charge in [-0.2, -0.15) is 30.9 Å². The predicted molar refractivity (Wildman–Crippen MR) is 156 cm³/mol. The minimum absolute atomic E-state index is 0.0133. The normalized spacial score (nSPS) is 16.6. The molecule has 0 spiro atoms. The number of benzene rings is 3. The molecule has 16 heteroatoms. The van der Waals surface area contributed by atoms with Gasteiger partial charge in [0.05, 0.1) is 36.6 Å². The highest BCUT2D eigenvalue weighted by molar-refractivity contribution is 5.95. The standard InChI is InChI=1S/C31H28F6N4O6/c1-29(2)25(41-27(43)40(28(44)47-41)22-10-6-8-20(17-22)31(35,36)37)39(21-9-5-7-19(16-21)30(32,33)34)26(42)38(29)14-13-18-11-12-23(45-3)24(15-18)46-4/h5-12,15-17,25H,13-14H2,1-4H3/t25-/m1/s1. The van der Waals surface area contributed by atoms with Gasteiger partial charge in [-0.05, 0) is 74.4 Å². The first-order chi connectivity index (χ1) is 22.0. The number of hydrogen-bond donors (Lipinski definition) is 0. The predicted octanol–water partition coefficient (Wildman–Crippen LogP) is 6.11. The Labute approximate surface area is 262 Å². The lowest BCUT2D eigenvalue weighted by atomic mass is 9.99. The van der Waals surface area contributed by atoms with Crippen molar-refractivity contribution < 1.29 is 45.1 Å². The van der Waals surface area contributed by atoms with E-state index in [0.29, 0.717) is 38.5 Å². The molecule has 250 valence electrons. The van der Waals surface area contributed by atoms with Crippen LogP contribution in [0.15, 0.2) is 80.8 Å². The van der Waals surface area contributed by atoms with Crippen LogP contribution in [-0.4, -0.2) is 46.5 Å². The zero-order valence-corrected chi connectivity index (χ0v) is 25.3. The number of methoxy groups -OCH3 is 2. The smallest absolute Gasteiger partial charge is 0.447 e. The van der Waals surface area contributed by atoms with E-state index >= 15 is 0 Å². The maximum absolute atomic E-state index is 14.1. The number of amides is 2. The second-order valence-electron chi connectivity index (χ2n) is 11.2. The molecular formula is C31H28F6N4O6. The highest BCUT2D eigenvalue weighted by Crippen LogP contribution is 2.44. The molecule has 1 saturated heterocycles.